The number of phenolic OH excluding ortho intramolecular Hbond substituents is 1. The fourth-order valence-corrected chi connectivity index (χ4v) is 2.62. The molecule has 0 radical (unpaired) electrons. The molecule has 0 saturated heterocycles. The monoisotopic (exact) mass is 315 g/mol. The van der Waals surface area contributed by atoms with Gasteiger partial charge in [0.15, 0.2) is 0 Å². The van der Waals surface area contributed by atoms with Gasteiger partial charge in [-0.2, -0.15) is 0 Å². The molecule has 2 aromatic rings. The summed E-state index contributed by atoms with van der Waals surface area (Å²) in [5.41, 5.74) is 2.31. The van der Waals surface area contributed by atoms with Gasteiger partial charge < -0.3 is 10.2 Å². The van der Waals surface area contributed by atoms with Crippen LogP contribution in [0.5, 0.6) is 5.75 Å². The first kappa shape index (κ1) is 17.0. The Kier molecular flexibility index (Phi) is 5.73. The predicted octanol–water partition coefficient (Wildman–Crippen LogP) is 3.06. The number of carbonyl (C=O) groups excluding carboxylic acids is 1. The summed E-state index contributed by atoms with van der Waals surface area (Å²) in [7, 11) is 0. The molecule has 0 saturated carbocycles. The lowest BCUT2D eigenvalue weighted by molar-refractivity contribution is -0.124. The number of aromatic hydroxyl groups is 1. The molecule has 122 valence electrons. The number of hydrogen-bond acceptors (Lipinski definition) is 4. The first-order valence-electron chi connectivity index (χ1n) is 7.54. The van der Waals surface area contributed by atoms with Crippen molar-refractivity contribution in [3.05, 3.63) is 54.1 Å². The zero-order valence-electron chi connectivity index (χ0n) is 12.9. The third-order valence-corrected chi connectivity index (χ3v) is 3.96. The lowest BCUT2D eigenvalue weighted by Gasteiger charge is -2.20. The highest BCUT2D eigenvalue weighted by atomic mass is 16.5. The van der Waals surface area contributed by atoms with Gasteiger partial charge in [-0.15, -0.1) is 0 Å². The summed E-state index contributed by atoms with van der Waals surface area (Å²) >= 11 is 0. The molecule has 2 atom stereocenters. The van der Waals surface area contributed by atoms with Crippen LogP contribution in [-0.4, -0.2) is 21.3 Å². The van der Waals surface area contributed by atoms with Crippen molar-refractivity contribution in [3.8, 4) is 5.75 Å². The molecule has 0 fully saturated rings. The van der Waals surface area contributed by atoms with Crippen LogP contribution < -0.4 is 5.48 Å². The number of allylic oxidation sites excluding steroid dienone is 1. The maximum absolute atomic E-state index is 10.9. The molecule has 5 nitrogen and oxygen atoms in total. The van der Waals surface area contributed by atoms with E-state index in [2.05, 4.69) is 0 Å². The molecular weight excluding hydrogens is 294 g/mol. The highest BCUT2D eigenvalue weighted by Crippen LogP contribution is 2.34. The molecule has 0 spiro atoms. The van der Waals surface area contributed by atoms with Crippen molar-refractivity contribution in [2.24, 2.45) is 5.92 Å². The number of fused-ring (bicyclic) bond motifs is 1. The van der Waals surface area contributed by atoms with Crippen LogP contribution in [0.4, 0.5) is 0 Å². The molecule has 23 heavy (non-hydrogen) atoms. The van der Waals surface area contributed by atoms with Crippen LogP contribution in [0, 0.1) is 5.92 Å². The molecule has 0 heterocycles. The first-order chi connectivity index (χ1) is 11.0. The summed E-state index contributed by atoms with van der Waals surface area (Å²) in [4.78, 5) is 10.9. The number of aliphatic hydroxyl groups is 1. The van der Waals surface area contributed by atoms with Gasteiger partial charge in [0.25, 0.3) is 5.91 Å². The summed E-state index contributed by atoms with van der Waals surface area (Å²) in [5, 5.41) is 30.5. The van der Waals surface area contributed by atoms with E-state index in [-0.39, 0.29) is 11.7 Å². The van der Waals surface area contributed by atoms with Crippen molar-refractivity contribution in [2.75, 3.05) is 0 Å². The SMILES string of the molecule is C[C@@H](CC/C=C/C(=O)NO)[C@H](O)c1ccc(O)c2ccccc12. The van der Waals surface area contributed by atoms with Crippen molar-refractivity contribution in [1.82, 2.24) is 5.48 Å². The maximum Gasteiger partial charge on any atom is 0.267 e. The van der Waals surface area contributed by atoms with Gasteiger partial charge in [-0.3, -0.25) is 10.0 Å². The zero-order chi connectivity index (χ0) is 16.8. The van der Waals surface area contributed by atoms with E-state index in [1.807, 2.05) is 31.2 Å². The van der Waals surface area contributed by atoms with Gasteiger partial charge in [-0.1, -0.05) is 43.3 Å². The van der Waals surface area contributed by atoms with Crippen LogP contribution in [0.3, 0.4) is 0 Å². The lowest BCUT2D eigenvalue weighted by atomic mass is 9.90. The molecule has 2 rings (SSSR count). The zero-order valence-corrected chi connectivity index (χ0v) is 12.9. The Morgan fingerprint density at radius 2 is 1.91 bits per heavy atom. The number of amides is 1. The minimum absolute atomic E-state index is 0.0233. The number of aliphatic hydroxyl groups excluding tert-OH is 1. The molecule has 0 aromatic heterocycles. The largest absolute Gasteiger partial charge is 0.507 e. The Bertz CT molecular complexity index is 711. The third kappa shape index (κ3) is 4.09. The molecule has 4 N–H and O–H groups in total. The molecule has 0 aliphatic carbocycles. The van der Waals surface area contributed by atoms with Crippen molar-refractivity contribution >= 4 is 16.7 Å². The fourth-order valence-electron chi connectivity index (χ4n) is 2.62. The van der Waals surface area contributed by atoms with Gasteiger partial charge in [0.2, 0.25) is 0 Å². The Morgan fingerprint density at radius 3 is 2.61 bits per heavy atom. The quantitative estimate of drug-likeness (QED) is 0.375. The standard InChI is InChI=1S/C18H21NO4/c1-12(6-2-5-9-17(21)19-23)18(22)15-10-11-16(20)14-8-4-3-7-13(14)15/h3-5,7-12,18,20,22-23H,2,6H2,1H3,(H,19,21)/b9-5+/t12-,18-/m0/s1. The lowest BCUT2D eigenvalue weighted by Crippen LogP contribution is -2.15. The average molecular weight is 315 g/mol. The number of carbonyl (C=O) groups is 1. The van der Waals surface area contributed by atoms with Crippen LogP contribution in [0.15, 0.2) is 48.6 Å². The van der Waals surface area contributed by atoms with E-state index < -0.39 is 12.0 Å². The van der Waals surface area contributed by atoms with Crippen molar-refractivity contribution in [1.29, 1.82) is 0 Å². The number of benzene rings is 2. The number of hydroxylamine groups is 1. The summed E-state index contributed by atoms with van der Waals surface area (Å²) in [6.07, 6.45) is 3.55. The van der Waals surface area contributed by atoms with Crippen LogP contribution in [0.2, 0.25) is 0 Å². The topological polar surface area (TPSA) is 89.8 Å². The molecule has 0 bridgehead atoms. The highest BCUT2D eigenvalue weighted by molar-refractivity contribution is 5.91. The van der Waals surface area contributed by atoms with Crippen LogP contribution >= 0.6 is 0 Å². The normalized spacial score (nSPS) is 14.0. The van der Waals surface area contributed by atoms with Gasteiger partial charge in [0.05, 0.1) is 6.10 Å². The number of rotatable bonds is 6. The van der Waals surface area contributed by atoms with Crippen LogP contribution in [0.1, 0.15) is 31.4 Å². The molecular formula is C18H21NO4. The van der Waals surface area contributed by atoms with E-state index in [0.29, 0.717) is 12.8 Å². The summed E-state index contributed by atoms with van der Waals surface area (Å²) in [6.45, 7) is 1.94. The van der Waals surface area contributed by atoms with Gasteiger partial charge in [-0.05, 0) is 35.8 Å². The van der Waals surface area contributed by atoms with Gasteiger partial charge in [-0.25, -0.2) is 5.48 Å². The highest BCUT2D eigenvalue weighted by Gasteiger charge is 2.18. The fraction of sp³-hybridized carbons (Fsp3) is 0.278. The van der Waals surface area contributed by atoms with E-state index in [1.165, 1.54) is 11.6 Å². The second-order valence-electron chi connectivity index (χ2n) is 5.60. The molecule has 0 unspecified atom stereocenters. The second-order valence-corrected chi connectivity index (χ2v) is 5.60. The Labute approximate surface area is 134 Å². The van der Waals surface area contributed by atoms with Gasteiger partial charge >= 0.3 is 0 Å². The number of phenols is 1. The van der Waals surface area contributed by atoms with Gasteiger partial charge in [0.1, 0.15) is 5.75 Å². The summed E-state index contributed by atoms with van der Waals surface area (Å²) < 4.78 is 0. The number of hydrogen-bond donors (Lipinski definition) is 4. The van der Waals surface area contributed by atoms with Gasteiger partial charge in [0, 0.05) is 11.5 Å². The molecule has 0 aliphatic heterocycles. The second kappa shape index (κ2) is 7.76. The van der Waals surface area contributed by atoms with Crippen molar-refractivity contribution < 1.29 is 20.2 Å². The third-order valence-electron chi connectivity index (χ3n) is 3.96. The molecule has 0 aliphatic rings. The number of nitrogens with one attached hydrogen (secondary N) is 1. The Balaban J connectivity index is 2.11. The van der Waals surface area contributed by atoms with E-state index in [1.54, 1.807) is 18.2 Å². The smallest absolute Gasteiger partial charge is 0.267 e. The Hall–Kier alpha value is -2.37. The summed E-state index contributed by atoms with van der Waals surface area (Å²) in [6, 6.07) is 10.8. The first-order valence-corrected chi connectivity index (χ1v) is 7.54. The van der Waals surface area contributed by atoms with Crippen molar-refractivity contribution in [2.45, 2.75) is 25.9 Å². The molecule has 1 amide bonds. The average Bonchev–Trinajstić information content (AvgIpc) is 2.58. The van der Waals surface area contributed by atoms with Crippen LogP contribution in [0.25, 0.3) is 10.8 Å². The maximum atomic E-state index is 10.9. The van der Waals surface area contributed by atoms with E-state index in [4.69, 9.17) is 5.21 Å². The van der Waals surface area contributed by atoms with E-state index in [9.17, 15) is 15.0 Å². The van der Waals surface area contributed by atoms with Crippen molar-refractivity contribution in [3.63, 3.8) is 0 Å². The molecule has 5 heteroatoms. The minimum Gasteiger partial charge on any atom is -0.507 e. The molecule has 2 aromatic carbocycles. The van der Waals surface area contributed by atoms with E-state index in [0.717, 1.165) is 16.3 Å². The Morgan fingerprint density at radius 1 is 1.22 bits per heavy atom. The summed E-state index contributed by atoms with van der Waals surface area (Å²) in [5.74, 6) is -0.394. The van der Waals surface area contributed by atoms with E-state index >= 15 is 0 Å². The van der Waals surface area contributed by atoms with Crippen LogP contribution in [-0.2, 0) is 4.79 Å². The predicted molar refractivity (Wildman–Crippen MR) is 88.0 cm³/mol. The minimum atomic E-state index is -0.666.